The van der Waals surface area contributed by atoms with Crippen LogP contribution in [0.15, 0.2) is 30.5 Å². The Morgan fingerprint density at radius 2 is 2.05 bits per heavy atom. The summed E-state index contributed by atoms with van der Waals surface area (Å²) in [6.07, 6.45) is -2.99. The van der Waals surface area contributed by atoms with Gasteiger partial charge in [-0.15, -0.1) is 0 Å². The summed E-state index contributed by atoms with van der Waals surface area (Å²) in [6.45, 7) is -1.76. The molecule has 0 aliphatic carbocycles. The van der Waals surface area contributed by atoms with Gasteiger partial charge in [0.05, 0.1) is 10.4 Å². The molecule has 2 aromatic rings. The number of non-ortho nitro benzene ring substituents is 1. The molecule has 1 aromatic heterocycles. The van der Waals surface area contributed by atoms with Crippen LogP contribution in [-0.4, -0.2) is 28.1 Å². The second-order valence-electron chi connectivity index (χ2n) is 4.34. The highest BCUT2D eigenvalue weighted by Crippen LogP contribution is 2.22. The molecule has 0 saturated carbocycles. The molecule has 0 bridgehead atoms. The average molecular weight is 301 g/mol. The lowest BCUT2D eigenvalue weighted by atomic mass is 10.2. The minimum atomic E-state index is -4.48. The Bertz CT molecular complexity index is 694. The number of carbonyl (C=O) groups excluding carboxylic acids is 1. The molecule has 21 heavy (non-hydrogen) atoms. The highest BCUT2D eigenvalue weighted by atomic mass is 19.4. The molecule has 9 heteroatoms. The lowest BCUT2D eigenvalue weighted by Crippen LogP contribution is -2.35. The first-order valence-corrected chi connectivity index (χ1v) is 5.83. The van der Waals surface area contributed by atoms with E-state index in [1.54, 1.807) is 11.4 Å². The maximum absolute atomic E-state index is 12.0. The highest BCUT2D eigenvalue weighted by molar-refractivity contribution is 5.85. The third-order valence-corrected chi connectivity index (χ3v) is 2.77. The molecule has 1 amide bonds. The van der Waals surface area contributed by atoms with E-state index >= 15 is 0 Å². The zero-order valence-electron chi connectivity index (χ0n) is 10.6. The largest absolute Gasteiger partial charge is 0.405 e. The maximum atomic E-state index is 12.0. The smallest absolute Gasteiger partial charge is 0.345 e. The standard InChI is InChI=1S/C12H10F3N3O3/c13-12(14,15)7-16-11(19)6-17-4-3-8-1-2-9(18(20)21)5-10(8)17/h1-5H,6-7H2,(H,16,19). The lowest BCUT2D eigenvalue weighted by molar-refractivity contribution is -0.384. The molecule has 0 aliphatic rings. The fourth-order valence-corrected chi connectivity index (χ4v) is 1.83. The van der Waals surface area contributed by atoms with Gasteiger partial charge in [0.2, 0.25) is 5.91 Å². The molecule has 1 aromatic carbocycles. The molecule has 0 fully saturated rings. The summed E-state index contributed by atoms with van der Waals surface area (Å²) >= 11 is 0. The predicted octanol–water partition coefficient (Wildman–Crippen LogP) is 2.23. The normalized spacial score (nSPS) is 11.6. The van der Waals surface area contributed by atoms with Gasteiger partial charge in [0.15, 0.2) is 0 Å². The van der Waals surface area contributed by atoms with Gasteiger partial charge < -0.3 is 9.88 Å². The van der Waals surface area contributed by atoms with Gasteiger partial charge in [0.1, 0.15) is 13.1 Å². The van der Waals surface area contributed by atoms with Gasteiger partial charge in [-0.3, -0.25) is 14.9 Å². The fourth-order valence-electron chi connectivity index (χ4n) is 1.83. The summed E-state index contributed by atoms with van der Waals surface area (Å²) in [6, 6.07) is 5.72. The van der Waals surface area contributed by atoms with Crippen molar-refractivity contribution in [2.45, 2.75) is 12.7 Å². The van der Waals surface area contributed by atoms with E-state index in [1.165, 1.54) is 29.0 Å². The number of nitrogens with zero attached hydrogens (tertiary/aromatic N) is 2. The number of nitro benzene ring substituents is 1. The number of nitro groups is 1. The van der Waals surface area contributed by atoms with Gasteiger partial charge in [-0.1, -0.05) is 0 Å². The van der Waals surface area contributed by atoms with Crippen LogP contribution in [-0.2, 0) is 11.3 Å². The minimum Gasteiger partial charge on any atom is -0.345 e. The van der Waals surface area contributed by atoms with Crippen LogP contribution in [0.1, 0.15) is 0 Å². The number of halogens is 3. The Labute approximate surface area is 116 Å². The van der Waals surface area contributed by atoms with Gasteiger partial charge in [-0.2, -0.15) is 13.2 Å². The van der Waals surface area contributed by atoms with E-state index in [9.17, 15) is 28.1 Å². The third-order valence-electron chi connectivity index (χ3n) is 2.77. The van der Waals surface area contributed by atoms with Crippen LogP contribution in [0.25, 0.3) is 10.9 Å². The number of rotatable bonds is 4. The number of aromatic nitrogens is 1. The molecule has 2 rings (SSSR count). The number of nitrogens with one attached hydrogen (secondary N) is 1. The monoisotopic (exact) mass is 301 g/mol. The molecule has 1 N–H and O–H groups in total. The fraction of sp³-hybridized carbons (Fsp3) is 0.250. The van der Waals surface area contributed by atoms with Crippen LogP contribution in [0.2, 0.25) is 0 Å². The number of hydrogen-bond acceptors (Lipinski definition) is 3. The Kier molecular flexibility index (Phi) is 3.83. The molecular formula is C12H10F3N3O3. The first kappa shape index (κ1) is 14.8. The van der Waals surface area contributed by atoms with Crippen LogP contribution in [0.3, 0.4) is 0 Å². The molecule has 0 aliphatic heterocycles. The molecule has 0 radical (unpaired) electrons. The van der Waals surface area contributed by atoms with E-state index in [0.717, 1.165) is 0 Å². The van der Waals surface area contributed by atoms with Crippen molar-refractivity contribution in [2.24, 2.45) is 0 Å². The summed E-state index contributed by atoms with van der Waals surface area (Å²) in [5.41, 5.74) is 0.254. The SMILES string of the molecule is O=C(Cn1ccc2ccc([N+](=O)[O-])cc21)NCC(F)(F)F. The number of hydrogen-bond donors (Lipinski definition) is 1. The van der Waals surface area contributed by atoms with E-state index in [1.807, 2.05) is 0 Å². The van der Waals surface area contributed by atoms with Crippen molar-refractivity contribution in [3.63, 3.8) is 0 Å². The van der Waals surface area contributed by atoms with Crippen LogP contribution < -0.4 is 5.32 Å². The molecule has 0 saturated heterocycles. The first-order valence-electron chi connectivity index (χ1n) is 5.83. The Balaban J connectivity index is 2.16. The number of alkyl halides is 3. The Morgan fingerprint density at radius 3 is 2.67 bits per heavy atom. The quantitative estimate of drug-likeness (QED) is 0.695. The Morgan fingerprint density at radius 1 is 1.33 bits per heavy atom. The van der Waals surface area contributed by atoms with E-state index in [2.05, 4.69) is 0 Å². The number of benzene rings is 1. The summed E-state index contributed by atoms with van der Waals surface area (Å²) < 4.78 is 37.3. The number of fused-ring (bicyclic) bond motifs is 1. The van der Waals surface area contributed by atoms with E-state index in [0.29, 0.717) is 10.9 Å². The van der Waals surface area contributed by atoms with Gasteiger partial charge in [-0.05, 0) is 12.1 Å². The van der Waals surface area contributed by atoms with Crippen molar-refractivity contribution in [3.05, 3.63) is 40.6 Å². The van der Waals surface area contributed by atoms with Crippen molar-refractivity contribution in [2.75, 3.05) is 6.54 Å². The zero-order chi connectivity index (χ0) is 15.6. The van der Waals surface area contributed by atoms with Gasteiger partial charge in [-0.25, -0.2) is 0 Å². The zero-order valence-corrected chi connectivity index (χ0v) is 10.6. The molecule has 0 unspecified atom stereocenters. The topological polar surface area (TPSA) is 77.2 Å². The van der Waals surface area contributed by atoms with Gasteiger partial charge >= 0.3 is 6.18 Å². The maximum Gasteiger partial charge on any atom is 0.405 e. The summed E-state index contributed by atoms with van der Waals surface area (Å²) in [4.78, 5) is 21.6. The van der Waals surface area contributed by atoms with E-state index in [-0.39, 0.29) is 12.2 Å². The second kappa shape index (κ2) is 5.43. The van der Waals surface area contributed by atoms with Crippen LogP contribution in [0, 0.1) is 10.1 Å². The van der Waals surface area contributed by atoms with Crippen molar-refractivity contribution >= 4 is 22.5 Å². The minimum absolute atomic E-state index is 0.154. The summed E-state index contributed by atoms with van der Waals surface area (Å²) in [5, 5.41) is 13.1. The molecule has 6 nitrogen and oxygen atoms in total. The lowest BCUT2D eigenvalue weighted by Gasteiger charge is -2.09. The summed E-state index contributed by atoms with van der Waals surface area (Å²) in [5.74, 6) is -0.823. The van der Waals surface area contributed by atoms with Crippen LogP contribution >= 0.6 is 0 Å². The van der Waals surface area contributed by atoms with Crippen LogP contribution in [0.5, 0.6) is 0 Å². The van der Waals surface area contributed by atoms with E-state index < -0.39 is 23.6 Å². The predicted molar refractivity (Wildman–Crippen MR) is 67.7 cm³/mol. The molecule has 0 atom stereocenters. The van der Waals surface area contributed by atoms with Gasteiger partial charge in [0.25, 0.3) is 5.69 Å². The van der Waals surface area contributed by atoms with Crippen molar-refractivity contribution < 1.29 is 22.9 Å². The number of amides is 1. The van der Waals surface area contributed by atoms with Crippen molar-refractivity contribution in [1.29, 1.82) is 0 Å². The van der Waals surface area contributed by atoms with Crippen LogP contribution in [0.4, 0.5) is 18.9 Å². The van der Waals surface area contributed by atoms with Crippen molar-refractivity contribution in [3.8, 4) is 0 Å². The molecule has 112 valence electrons. The average Bonchev–Trinajstić information content (AvgIpc) is 2.78. The third kappa shape index (κ3) is 3.71. The molecular weight excluding hydrogens is 291 g/mol. The Hall–Kier alpha value is -2.58. The molecule has 1 heterocycles. The van der Waals surface area contributed by atoms with Gasteiger partial charge in [0, 0.05) is 23.7 Å². The number of carbonyl (C=O) groups is 1. The highest BCUT2D eigenvalue weighted by Gasteiger charge is 2.27. The van der Waals surface area contributed by atoms with Crippen molar-refractivity contribution in [1.82, 2.24) is 9.88 Å². The molecule has 0 spiro atoms. The van der Waals surface area contributed by atoms with E-state index in [4.69, 9.17) is 0 Å². The first-order chi connectivity index (χ1) is 9.76. The second-order valence-corrected chi connectivity index (χ2v) is 4.34. The summed E-state index contributed by atoms with van der Waals surface area (Å²) in [7, 11) is 0.